The summed E-state index contributed by atoms with van der Waals surface area (Å²) in [5, 5.41) is 0.814. The fourth-order valence-electron chi connectivity index (χ4n) is 4.37. The molecule has 3 aromatic rings. The van der Waals surface area contributed by atoms with Crippen LogP contribution in [-0.2, 0) is 19.5 Å². The first-order chi connectivity index (χ1) is 15.2. The smallest absolute Gasteiger partial charge is 0.225 e. The van der Waals surface area contributed by atoms with E-state index in [1.165, 1.54) is 11.6 Å². The first-order valence-electron chi connectivity index (χ1n) is 10.7. The number of benzene rings is 2. The van der Waals surface area contributed by atoms with E-state index in [4.69, 9.17) is 16.6 Å². The van der Waals surface area contributed by atoms with Crippen LogP contribution in [0, 0.1) is 5.82 Å². The molecule has 0 radical (unpaired) electrons. The molecule has 0 N–H and O–H groups in total. The average Bonchev–Trinajstić information content (AvgIpc) is 2.81. The van der Waals surface area contributed by atoms with Crippen molar-refractivity contribution in [2.45, 2.75) is 19.5 Å². The Balaban J connectivity index is 1.23. The second-order valence-electron chi connectivity index (χ2n) is 8.12. The van der Waals surface area contributed by atoms with Gasteiger partial charge in [-0.2, -0.15) is 0 Å². The predicted octanol–water partition coefficient (Wildman–Crippen LogP) is 4.15. The molecule has 3 heterocycles. The van der Waals surface area contributed by atoms with E-state index in [-0.39, 0.29) is 5.82 Å². The molecule has 1 saturated heterocycles. The molecule has 0 atom stereocenters. The Morgan fingerprint density at radius 1 is 0.903 bits per heavy atom. The highest BCUT2D eigenvalue weighted by Crippen LogP contribution is 2.25. The number of fused-ring (bicyclic) bond motifs is 1. The van der Waals surface area contributed by atoms with Gasteiger partial charge in [0.1, 0.15) is 5.82 Å². The zero-order valence-corrected chi connectivity index (χ0v) is 18.1. The second-order valence-corrected chi connectivity index (χ2v) is 8.53. The number of para-hydroxylation sites is 1. The SMILES string of the molecule is Fc1ccccc1N1CCN(c2ncc3c(n2)CCN(Cc2ccccc2Cl)C3)CC1. The summed E-state index contributed by atoms with van der Waals surface area (Å²) in [6, 6.07) is 15.0. The molecule has 0 bridgehead atoms. The van der Waals surface area contributed by atoms with Gasteiger partial charge in [0.25, 0.3) is 0 Å². The number of nitrogens with zero attached hydrogens (tertiary/aromatic N) is 5. The largest absolute Gasteiger partial charge is 0.366 e. The lowest BCUT2D eigenvalue weighted by molar-refractivity contribution is 0.243. The summed E-state index contributed by atoms with van der Waals surface area (Å²) in [7, 11) is 0. The highest BCUT2D eigenvalue weighted by atomic mass is 35.5. The van der Waals surface area contributed by atoms with Crippen molar-refractivity contribution in [1.82, 2.24) is 14.9 Å². The Hall–Kier alpha value is -2.70. The van der Waals surface area contributed by atoms with Crippen molar-refractivity contribution in [2.75, 3.05) is 42.5 Å². The van der Waals surface area contributed by atoms with Gasteiger partial charge in [-0.05, 0) is 23.8 Å². The van der Waals surface area contributed by atoms with Crippen LogP contribution >= 0.6 is 11.6 Å². The molecule has 7 heteroatoms. The van der Waals surface area contributed by atoms with Gasteiger partial charge in [0.2, 0.25) is 5.95 Å². The third-order valence-corrected chi connectivity index (χ3v) is 6.48. The number of hydrogen-bond donors (Lipinski definition) is 0. The third-order valence-electron chi connectivity index (χ3n) is 6.11. The third kappa shape index (κ3) is 4.36. The number of anilines is 2. The van der Waals surface area contributed by atoms with Crippen molar-refractivity contribution >= 4 is 23.2 Å². The van der Waals surface area contributed by atoms with Gasteiger partial charge in [-0.1, -0.05) is 41.9 Å². The molecule has 160 valence electrons. The van der Waals surface area contributed by atoms with Crippen LogP contribution in [0.2, 0.25) is 5.02 Å². The van der Waals surface area contributed by atoms with Crippen molar-refractivity contribution in [1.29, 1.82) is 0 Å². The molecule has 5 nitrogen and oxygen atoms in total. The number of piperazine rings is 1. The average molecular weight is 438 g/mol. The van der Waals surface area contributed by atoms with E-state index in [9.17, 15) is 4.39 Å². The van der Waals surface area contributed by atoms with Gasteiger partial charge in [-0.15, -0.1) is 0 Å². The predicted molar refractivity (Wildman–Crippen MR) is 122 cm³/mol. The number of hydrogen-bond acceptors (Lipinski definition) is 5. The molecule has 1 fully saturated rings. The van der Waals surface area contributed by atoms with Crippen molar-refractivity contribution < 1.29 is 4.39 Å². The standard InChI is InChI=1S/C24H25ClFN5/c25-20-6-2-1-5-18(20)16-29-10-9-22-19(17-29)15-27-24(28-22)31-13-11-30(12-14-31)23-8-4-3-7-21(23)26/h1-8,15H,9-14,16-17H2. The van der Waals surface area contributed by atoms with Crippen LogP contribution in [-0.4, -0.2) is 47.6 Å². The highest BCUT2D eigenvalue weighted by molar-refractivity contribution is 6.31. The maximum atomic E-state index is 14.1. The quantitative estimate of drug-likeness (QED) is 0.612. The fraction of sp³-hybridized carbons (Fsp3) is 0.333. The summed E-state index contributed by atoms with van der Waals surface area (Å²) < 4.78 is 14.1. The van der Waals surface area contributed by atoms with E-state index in [2.05, 4.69) is 25.8 Å². The van der Waals surface area contributed by atoms with Crippen molar-refractivity contribution in [3.63, 3.8) is 0 Å². The zero-order valence-electron chi connectivity index (χ0n) is 17.3. The molecule has 2 aliphatic rings. The second kappa shape index (κ2) is 8.81. The van der Waals surface area contributed by atoms with Crippen LogP contribution in [0.5, 0.6) is 0 Å². The van der Waals surface area contributed by atoms with E-state index in [0.717, 1.165) is 74.5 Å². The lowest BCUT2D eigenvalue weighted by atomic mass is 10.1. The van der Waals surface area contributed by atoms with Gasteiger partial charge in [0, 0.05) is 69.0 Å². The molecule has 0 unspecified atom stereocenters. The van der Waals surface area contributed by atoms with E-state index in [1.54, 1.807) is 6.07 Å². The van der Waals surface area contributed by atoms with E-state index in [1.807, 2.05) is 36.5 Å². The molecule has 31 heavy (non-hydrogen) atoms. The number of halogens is 2. The summed E-state index contributed by atoms with van der Waals surface area (Å²) in [6.45, 7) is 5.70. The molecule has 0 amide bonds. The summed E-state index contributed by atoms with van der Waals surface area (Å²) in [4.78, 5) is 16.2. The van der Waals surface area contributed by atoms with E-state index in [0.29, 0.717) is 5.69 Å². The summed E-state index contributed by atoms with van der Waals surface area (Å²) in [5.41, 5.74) is 4.15. The van der Waals surface area contributed by atoms with Crippen molar-refractivity contribution in [3.05, 3.63) is 82.4 Å². The molecule has 0 saturated carbocycles. The minimum absolute atomic E-state index is 0.165. The van der Waals surface area contributed by atoms with Crippen molar-refractivity contribution in [3.8, 4) is 0 Å². The van der Waals surface area contributed by atoms with Gasteiger partial charge < -0.3 is 9.80 Å². The van der Waals surface area contributed by atoms with Gasteiger partial charge >= 0.3 is 0 Å². The first-order valence-corrected chi connectivity index (χ1v) is 11.1. The van der Waals surface area contributed by atoms with E-state index >= 15 is 0 Å². The Bertz CT molecular complexity index is 1070. The Kier molecular flexibility index (Phi) is 5.74. The molecule has 0 spiro atoms. The molecule has 5 rings (SSSR count). The van der Waals surface area contributed by atoms with Crippen LogP contribution in [0.3, 0.4) is 0 Å². The Labute approximate surface area is 187 Å². The number of rotatable bonds is 4. The van der Waals surface area contributed by atoms with Crippen molar-refractivity contribution in [2.24, 2.45) is 0 Å². The fourth-order valence-corrected chi connectivity index (χ4v) is 4.57. The zero-order chi connectivity index (χ0) is 21.2. The van der Waals surface area contributed by atoms with Gasteiger partial charge in [0.05, 0.1) is 11.4 Å². The lowest BCUT2D eigenvalue weighted by Crippen LogP contribution is -2.47. The minimum Gasteiger partial charge on any atom is -0.366 e. The van der Waals surface area contributed by atoms with Crippen LogP contribution in [0.4, 0.5) is 16.0 Å². The van der Waals surface area contributed by atoms with Gasteiger partial charge in [-0.25, -0.2) is 14.4 Å². The minimum atomic E-state index is -0.165. The topological polar surface area (TPSA) is 35.5 Å². The molecule has 1 aromatic heterocycles. The first kappa shape index (κ1) is 20.2. The number of aromatic nitrogens is 2. The Morgan fingerprint density at radius 2 is 1.65 bits per heavy atom. The summed E-state index contributed by atoms with van der Waals surface area (Å²) >= 11 is 6.33. The van der Waals surface area contributed by atoms with Crippen LogP contribution in [0.25, 0.3) is 0 Å². The summed E-state index contributed by atoms with van der Waals surface area (Å²) in [6.07, 6.45) is 2.88. The highest BCUT2D eigenvalue weighted by Gasteiger charge is 2.24. The molecular formula is C24H25ClFN5. The monoisotopic (exact) mass is 437 g/mol. The van der Waals surface area contributed by atoms with Gasteiger partial charge in [-0.3, -0.25) is 4.90 Å². The van der Waals surface area contributed by atoms with Crippen LogP contribution in [0.1, 0.15) is 16.8 Å². The molecule has 2 aromatic carbocycles. The molecule has 0 aliphatic carbocycles. The maximum Gasteiger partial charge on any atom is 0.225 e. The Morgan fingerprint density at radius 3 is 2.45 bits per heavy atom. The van der Waals surface area contributed by atoms with Crippen LogP contribution in [0.15, 0.2) is 54.7 Å². The normalized spacial score (nSPS) is 17.0. The van der Waals surface area contributed by atoms with Gasteiger partial charge in [0.15, 0.2) is 0 Å². The summed E-state index contributed by atoms with van der Waals surface area (Å²) in [5.74, 6) is 0.619. The lowest BCUT2D eigenvalue weighted by Gasteiger charge is -2.36. The molecular weight excluding hydrogens is 413 g/mol. The van der Waals surface area contributed by atoms with E-state index < -0.39 is 0 Å². The maximum absolute atomic E-state index is 14.1. The van der Waals surface area contributed by atoms with Crippen LogP contribution < -0.4 is 9.80 Å². The molecule has 2 aliphatic heterocycles.